The van der Waals surface area contributed by atoms with Crippen LogP contribution in [0.25, 0.3) is 0 Å². The van der Waals surface area contributed by atoms with Gasteiger partial charge in [0.05, 0.1) is 6.04 Å². The van der Waals surface area contributed by atoms with Crippen LogP contribution in [0.1, 0.15) is 194 Å². The molecule has 0 aromatic heterocycles. The summed E-state index contributed by atoms with van der Waals surface area (Å²) in [6.07, 6.45) is 31.7. The molecule has 1 saturated heterocycles. The summed E-state index contributed by atoms with van der Waals surface area (Å²) >= 11 is 0. The van der Waals surface area contributed by atoms with Crippen LogP contribution in [0.3, 0.4) is 0 Å². The molecule has 1 unspecified atom stereocenters. The molecule has 1 amide bonds. The van der Waals surface area contributed by atoms with Crippen molar-refractivity contribution in [1.82, 2.24) is 10.2 Å². The molecule has 288 valence electrons. The Morgan fingerprint density at radius 3 is 1.35 bits per heavy atom. The fraction of sp³-hybridized carbons (Fsp3) is 0.902. The number of esters is 2. The van der Waals surface area contributed by atoms with Gasteiger partial charge in [-0.3, -0.25) is 9.59 Å². The second-order valence-corrected chi connectivity index (χ2v) is 14.5. The third kappa shape index (κ3) is 28.5. The van der Waals surface area contributed by atoms with Crippen molar-refractivity contribution >= 4 is 18.0 Å². The zero-order valence-electron chi connectivity index (χ0n) is 32.1. The van der Waals surface area contributed by atoms with Gasteiger partial charge in [-0.15, -0.1) is 6.54 Å². The molecule has 8 nitrogen and oxygen atoms in total. The summed E-state index contributed by atoms with van der Waals surface area (Å²) in [6.45, 7) is 10.3. The summed E-state index contributed by atoms with van der Waals surface area (Å²) in [4.78, 5) is 39.5. The molecule has 1 fully saturated rings. The second-order valence-electron chi connectivity index (χ2n) is 14.5. The first-order valence-electron chi connectivity index (χ1n) is 20.8. The lowest BCUT2D eigenvalue weighted by Crippen LogP contribution is -2.59. The molecule has 1 rings (SSSR count). The van der Waals surface area contributed by atoms with Crippen LogP contribution in [0, 0.1) is 6.92 Å². The van der Waals surface area contributed by atoms with E-state index in [1.165, 1.54) is 128 Å². The van der Waals surface area contributed by atoms with Gasteiger partial charge in [0.1, 0.15) is 13.2 Å². The average molecular weight is 694 g/mol. The van der Waals surface area contributed by atoms with Crippen LogP contribution < -0.4 is 5.32 Å². The molecular weight excluding hydrogens is 616 g/mol. The Bertz CT molecular complexity index is 788. The number of carbonyl (C=O) groups is 3. The van der Waals surface area contributed by atoms with Crippen LogP contribution in [0.4, 0.5) is 4.79 Å². The summed E-state index contributed by atoms with van der Waals surface area (Å²) in [5.74, 6) is -0.637. The minimum Gasteiger partial charge on any atom is -0.462 e. The predicted molar refractivity (Wildman–Crippen MR) is 202 cm³/mol. The molecule has 49 heavy (non-hydrogen) atoms. The number of unbranched alkanes of at least 4 members (excludes halogenated alkanes) is 24. The highest BCUT2D eigenvalue weighted by Gasteiger charge is 2.26. The quantitative estimate of drug-likeness (QED) is 0.0305. The van der Waals surface area contributed by atoms with E-state index in [1.54, 1.807) is 0 Å². The molecule has 0 aliphatic carbocycles. The van der Waals surface area contributed by atoms with Crippen molar-refractivity contribution in [3.63, 3.8) is 0 Å². The molecule has 0 radical (unpaired) electrons. The molecule has 1 heterocycles. The molecule has 1 N–H and O–H groups in total. The SMILES string of the molecule is [CH2-]CN1CC(NC(=O)OCC(COC(=O)CCCCCCCCCCCCCCC)OC(=O)CCCCCCCCCCCCCCC)C1. The molecule has 8 heteroatoms. The van der Waals surface area contributed by atoms with Crippen LogP contribution in [-0.4, -0.2) is 67.9 Å². The zero-order valence-corrected chi connectivity index (χ0v) is 32.1. The minimum absolute atomic E-state index is 0.0314. The van der Waals surface area contributed by atoms with Crippen molar-refractivity contribution in [1.29, 1.82) is 0 Å². The number of alkyl carbamates (subject to hydrolysis) is 1. The van der Waals surface area contributed by atoms with Gasteiger partial charge in [-0.25, -0.2) is 4.79 Å². The summed E-state index contributed by atoms with van der Waals surface area (Å²) in [5.41, 5.74) is 0. The van der Waals surface area contributed by atoms with Crippen LogP contribution in [0.2, 0.25) is 0 Å². The Morgan fingerprint density at radius 2 is 0.939 bits per heavy atom. The van der Waals surface area contributed by atoms with Crippen LogP contribution in [0.5, 0.6) is 0 Å². The van der Waals surface area contributed by atoms with Gasteiger partial charge < -0.3 is 31.4 Å². The summed E-state index contributed by atoms with van der Waals surface area (Å²) in [6, 6.07) is 0.0314. The second kappa shape index (κ2) is 33.3. The van der Waals surface area contributed by atoms with Gasteiger partial charge in [-0.1, -0.05) is 168 Å². The normalized spacial score (nSPS) is 13.9. The highest BCUT2D eigenvalue weighted by atomic mass is 16.6. The van der Waals surface area contributed by atoms with E-state index < -0.39 is 12.2 Å². The number of ether oxygens (including phenoxy) is 3. The number of amides is 1. The number of nitrogens with zero attached hydrogens (tertiary/aromatic N) is 1. The van der Waals surface area contributed by atoms with E-state index in [-0.39, 0.29) is 31.2 Å². The van der Waals surface area contributed by atoms with Gasteiger partial charge in [0.2, 0.25) is 0 Å². The van der Waals surface area contributed by atoms with Crippen molar-refractivity contribution in [2.24, 2.45) is 0 Å². The van der Waals surface area contributed by atoms with E-state index in [2.05, 4.69) is 31.0 Å². The van der Waals surface area contributed by atoms with Crippen LogP contribution in [-0.2, 0) is 23.8 Å². The maximum atomic E-state index is 12.6. The largest absolute Gasteiger partial charge is 0.462 e. The Kier molecular flexibility index (Phi) is 30.7. The highest BCUT2D eigenvalue weighted by molar-refractivity contribution is 5.70. The third-order valence-electron chi connectivity index (χ3n) is 9.69. The van der Waals surface area contributed by atoms with Gasteiger partial charge in [-0.2, -0.15) is 0 Å². The van der Waals surface area contributed by atoms with Gasteiger partial charge in [0.25, 0.3) is 0 Å². The van der Waals surface area contributed by atoms with Crippen LogP contribution >= 0.6 is 0 Å². The van der Waals surface area contributed by atoms with Crippen molar-refractivity contribution in [3.8, 4) is 0 Å². The number of likely N-dealkylation sites (tertiary alicyclic amines) is 1. The number of rotatable bonds is 35. The lowest BCUT2D eigenvalue weighted by Gasteiger charge is -2.40. The molecule has 0 bridgehead atoms. The van der Waals surface area contributed by atoms with Crippen molar-refractivity contribution in [3.05, 3.63) is 6.92 Å². The number of carbonyl (C=O) groups excluding carboxylic acids is 3. The topological polar surface area (TPSA) is 94.2 Å². The van der Waals surface area contributed by atoms with E-state index in [9.17, 15) is 14.4 Å². The summed E-state index contributed by atoms with van der Waals surface area (Å²) < 4.78 is 16.5. The highest BCUT2D eigenvalue weighted by Crippen LogP contribution is 2.15. The van der Waals surface area contributed by atoms with E-state index in [0.29, 0.717) is 19.4 Å². The van der Waals surface area contributed by atoms with Gasteiger partial charge in [0, 0.05) is 25.9 Å². The first kappa shape index (κ1) is 45.2. The minimum atomic E-state index is -0.812. The summed E-state index contributed by atoms with van der Waals surface area (Å²) in [5, 5.41) is 2.82. The predicted octanol–water partition coefficient (Wildman–Crippen LogP) is 10.6. The fourth-order valence-electron chi connectivity index (χ4n) is 6.41. The monoisotopic (exact) mass is 694 g/mol. The molecule has 0 spiro atoms. The number of hydrogen-bond donors (Lipinski definition) is 1. The van der Waals surface area contributed by atoms with Crippen molar-refractivity contribution < 1.29 is 28.6 Å². The third-order valence-corrected chi connectivity index (χ3v) is 9.69. The Morgan fingerprint density at radius 1 is 0.571 bits per heavy atom. The fourth-order valence-corrected chi connectivity index (χ4v) is 6.41. The molecule has 0 aromatic carbocycles. The lowest BCUT2D eigenvalue weighted by atomic mass is 10.0. The van der Waals surface area contributed by atoms with Gasteiger partial charge >= 0.3 is 18.0 Å². The molecule has 1 atom stereocenters. The molecule has 1 aliphatic rings. The Labute approximate surface area is 301 Å². The Hall–Kier alpha value is -1.83. The average Bonchev–Trinajstić information content (AvgIpc) is 3.07. The zero-order chi connectivity index (χ0) is 35.6. The van der Waals surface area contributed by atoms with Crippen molar-refractivity contribution in [2.45, 2.75) is 206 Å². The standard InChI is InChI=1S/C41H77N2O6/c1-4-7-9-11-13-15-17-19-21-23-25-27-29-31-39(44)47-35-38(36-48-41(46)42-37-33-43(6-3)34-37)49-40(45)32-30-28-26-24-22-20-18-16-14-12-10-8-5-2/h37-38H,3-36H2,1-2H3,(H,42,46)/q-1. The van der Waals surface area contributed by atoms with E-state index >= 15 is 0 Å². The van der Waals surface area contributed by atoms with Crippen LogP contribution in [0.15, 0.2) is 0 Å². The Balaban J connectivity index is 2.21. The first-order chi connectivity index (χ1) is 24.0. The van der Waals surface area contributed by atoms with Gasteiger partial charge in [0.15, 0.2) is 6.10 Å². The maximum Gasteiger partial charge on any atom is 0.407 e. The summed E-state index contributed by atoms with van der Waals surface area (Å²) in [7, 11) is 0. The molecule has 0 aromatic rings. The molecular formula is C41H77N2O6-. The lowest BCUT2D eigenvalue weighted by molar-refractivity contribution is -0.161. The molecule has 1 aliphatic heterocycles. The number of nitrogens with one attached hydrogen (secondary N) is 1. The van der Waals surface area contributed by atoms with E-state index in [1.807, 2.05) is 0 Å². The van der Waals surface area contributed by atoms with Gasteiger partial charge in [-0.05, 0) is 12.8 Å². The van der Waals surface area contributed by atoms with E-state index in [0.717, 1.165) is 51.6 Å². The van der Waals surface area contributed by atoms with E-state index in [4.69, 9.17) is 14.2 Å². The maximum absolute atomic E-state index is 12.6. The number of hydrogen-bond acceptors (Lipinski definition) is 7. The van der Waals surface area contributed by atoms with Crippen molar-refractivity contribution in [2.75, 3.05) is 32.8 Å². The first-order valence-corrected chi connectivity index (χ1v) is 20.8. The smallest absolute Gasteiger partial charge is 0.407 e. The molecule has 0 saturated carbocycles.